The fourth-order valence-electron chi connectivity index (χ4n) is 2.03. The summed E-state index contributed by atoms with van der Waals surface area (Å²) in [5.41, 5.74) is 2.31. The first-order valence-corrected chi connectivity index (χ1v) is 7.20. The van der Waals surface area contributed by atoms with Crippen LogP contribution in [0, 0.1) is 6.92 Å². The molecule has 0 amide bonds. The highest BCUT2D eigenvalue weighted by molar-refractivity contribution is 7.09. The molecule has 2 heterocycles. The van der Waals surface area contributed by atoms with Crippen molar-refractivity contribution in [2.45, 2.75) is 32.7 Å². The lowest BCUT2D eigenvalue weighted by atomic mass is 10.1. The molecular weight excluding hydrogens is 242 g/mol. The zero-order valence-electron chi connectivity index (χ0n) is 10.9. The highest BCUT2D eigenvalue weighted by Crippen LogP contribution is 2.11. The number of nitrogens with zero attached hydrogens (tertiary/aromatic N) is 2. The van der Waals surface area contributed by atoms with E-state index in [9.17, 15) is 0 Å². The van der Waals surface area contributed by atoms with Gasteiger partial charge in [0.2, 0.25) is 0 Å². The van der Waals surface area contributed by atoms with Crippen LogP contribution in [-0.2, 0) is 12.8 Å². The minimum absolute atomic E-state index is 0.409. The molecule has 0 spiro atoms. The van der Waals surface area contributed by atoms with Gasteiger partial charge in [-0.2, -0.15) is 0 Å². The number of thiazole rings is 1. The molecule has 0 fully saturated rings. The second-order valence-electron chi connectivity index (χ2n) is 4.34. The number of nitrogens with one attached hydrogen (secondary N) is 1. The Morgan fingerprint density at radius 2 is 2.11 bits per heavy atom. The minimum atomic E-state index is 0.409. The van der Waals surface area contributed by atoms with Crippen LogP contribution >= 0.6 is 11.3 Å². The lowest BCUT2D eigenvalue weighted by Gasteiger charge is -2.16. The molecule has 1 unspecified atom stereocenters. The van der Waals surface area contributed by atoms with Crippen molar-refractivity contribution in [2.75, 3.05) is 6.54 Å². The van der Waals surface area contributed by atoms with E-state index in [0.29, 0.717) is 6.04 Å². The van der Waals surface area contributed by atoms with E-state index in [4.69, 9.17) is 0 Å². The molecular formula is C14H19N3S. The minimum Gasteiger partial charge on any atom is -0.313 e. The van der Waals surface area contributed by atoms with E-state index in [1.54, 1.807) is 11.3 Å². The molecule has 0 saturated heterocycles. The largest absolute Gasteiger partial charge is 0.313 e. The van der Waals surface area contributed by atoms with Crippen LogP contribution in [0.1, 0.15) is 23.3 Å². The first-order chi connectivity index (χ1) is 8.78. The summed E-state index contributed by atoms with van der Waals surface area (Å²) in [5, 5.41) is 6.80. The van der Waals surface area contributed by atoms with Crippen LogP contribution < -0.4 is 5.32 Å². The number of likely N-dealkylation sites (N-methyl/N-ethyl adjacent to an activating group) is 1. The highest BCUT2D eigenvalue weighted by atomic mass is 32.1. The molecule has 3 nitrogen and oxygen atoms in total. The molecule has 0 aromatic carbocycles. The standard InChI is InChI=1S/C14H19N3S/c1-3-15-13(8-12-6-4-5-7-16-12)9-14-10-18-11(2)17-14/h4-7,10,13,15H,3,8-9H2,1-2H3. The highest BCUT2D eigenvalue weighted by Gasteiger charge is 2.11. The molecule has 0 bridgehead atoms. The molecule has 0 aliphatic heterocycles. The maximum absolute atomic E-state index is 4.53. The Balaban J connectivity index is 1.99. The summed E-state index contributed by atoms with van der Waals surface area (Å²) >= 11 is 1.72. The fourth-order valence-corrected chi connectivity index (χ4v) is 2.66. The van der Waals surface area contributed by atoms with Gasteiger partial charge in [-0.25, -0.2) is 4.98 Å². The van der Waals surface area contributed by atoms with Crippen LogP contribution in [0.2, 0.25) is 0 Å². The molecule has 0 saturated carbocycles. The molecule has 2 aromatic rings. The molecule has 18 heavy (non-hydrogen) atoms. The predicted molar refractivity (Wildman–Crippen MR) is 76.0 cm³/mol. The van der Waals surface area contributed by atoms with Crippen molar-refractivity contribution in [3.8, 4) is 0 Å². The molecule has 1 atom stereocenters. The van der Waals surface area contributed by atoms with E-state index < -0.39 is 0 Å². The summed E-state index contributed by atoms with van der Waals surface area (Å²) in [6.45, 7) is 5.16. The monoisotopic (exact) mass is 261 g/mol. The van der Waals surface area contributed by atoms with Gasteiger partial charge in [0.05, 0.1) is 10.7 Å². The Morgan fingerprint density at radius 3 is 2.72 bits per heavy atom. The van der Waals surface area contributed by atoms with E-state index in [1.165, 1.54) is 5.69 Å². The van der Waals surface area contributed by atoms with E-state index >= 15 is 0 Å². The normalized spacial score (nSPS) is 12.6. The van der Waals surface area contributed by atoms with Gasteiger partial charge in [-0.05, 0) is 25.6 Å². The van der Waals surface area contributed by atoms with Crippen molar-refractivity contribution < 1.29 is 0 Å². The molecule has 4 heteroatoms. The van der Waals surface area contributed by atoms with Crippen LogP contribution in [0.3, 0.4) is 0 Å². The average Bonchev–Trinajstić information content (AvgIpc) is 2.76. The van der Waals surface area contributed by atoms with Crippen molar-refractivity contribution in [2.24, 2.45) is 0 Å². The number of hydrogen-bond donors (Lipinski definition) is 1. The summed E-state index contributed by atoms with van der Waals surface area (Å²) in [5.74, 6) is 0. The maximum atomic E-state index is 4.53. The topological polar surface area (TPSA) is 37.8 Å². The lowest BCUT2D eigenvalue weighted by molar-refractivity contribution is 0.512. The number of aromatic nitrogens is 2. The third-order valence-electron chi connectivity index (χ3n) is 2.80. The van der Waals surface area contributed by atoms with Crippen LogP contribution in [0.25, 0.3) is 0 Å². The SMILES string of the molecule is CCNC(Cc1ccccn1)Cc1csc(C)n1. The van der Waals surface area contributed by atoms with Gasteiger partial charge in [0.25, 0.3) is 0 Å². The summed E-state index contributed by atoms with van der Waals surface area (Å²) in [7, 11) is 0. The lowest BCUT2D eigenvalue weighted by Crippen LogP contribution is -2.33. The van der Waals surface area contributed by atoms with Crippen LogP contribution in [0.15, 0.2) is 29.8 Å². The van der Waals surface area contributed by atoms with Crippen molar-refractivity contribution in [1.82, 2.24) is 15.3 Å². The Bertz CT molecular complexity index is 467. The van der Waals surface area contributed by atoms with Crippen LogP contribution in [0.5, 0.6) is 0 Å². The third kappa shape index (κ3) is 3.89. The first kappa shape index (κ1) is 13.2. The molecule has 0 aliphatic carbocycles. The van der Waals surface area contributed by atoms with E-state index in [1.807, 2.05) is 18.3 Å². The van der Waals surface area contributed by atoms with Crippen molar-refractivity contribution in [1.29, 1.82) is 0 Å². The second kappa shape index (κ2) is 6.61. The van der Waals surface area contributed by atoms with Gasteiger partial charge in [-0.15, -0.1) is 11.3 Å². The molecule has 2 rings (SSSR count). The van der Waals surface area contributed by atoms with E-state index in [-0.39, 0.29) is 0 Å². The van der Waals surface area contributed by atoms with Gasteiger partial charge in [0, 0.05) is 36.2 Å². The number of pyridine rings is 1. The van der Waals surface area contributed by atoms with Crippen LogP contribution in [-0.4, -0.2) is 22.6 Å². The van der Waals surface area contributed by atoms with E-state index in [0.717, 1.165) is 30.1 Å². The summed E-state index contributed by atoms with van der Waals surface area (Å²) < 4.78 is 0. The maximum Gasteiger partial charge on any atom is 0.0897 e. The van der Waals surface area contributed by atoms with Gasteiger partial charge in [0.15, 0.2) is 0 Å². The molecule has 1 N–H and O–H groups in total. The van der Waals surface area contributed by atoms with Gasteiger partial charge in [-0.1, -0.05) is 13.0 Å². The Hall–Kier alpha value is -1.26. The van der Waals surface area contributed by atoms with Gasteiger partial charge < -0.3 is 5.32 Å². The van der Waals surface area contributed by atoms with Crippen molar-refractivity contribution >= 4 is 11.3 Å². The van der Waals surface area contributed by atoms with Crippen molar-refractivity contribution in [3.05, 3.63) is 46.2 Å². The quantitative estimate of drug-likeness (QED) is 0.868. The smallest absolute Gasteiger partial charge is 0.0897 e. The van der Waals surface area contributed by atoms with E-state index in [2.05, 4.69) is 40.6 Å². The molecule has 2 aromatic heterocycles. The van der Waals surface area contributed by atoms with Crippen LogP contribution in [0.4, 0.5) is 0 Å². The fraction of sp³-hybridized carbons (Fsp3) is 0.429. The second-order valence-corrected chi connectivity index (χ2v) is 5.40. The zero-order chi connectivity index (χ0) is 12.8. The third-order valence-corrected chi connectivity index (χ3v) is 3.62. The Morgan fingerprint density at radius 1 is 1.28 bits per heavy atom. The molecule has 0 radical (unpaired) electrons. The Labute approximate surface area is 112 Å². The number of hydrogen-bond acceptors (Lipinski definition) is 4. The predicted octanol–water partition coefficient (Wildman–Crippen LogP) is 2.61. The summed E-state index contributed by atoms with van der Waals surface area (Å²) in [4.78, 5) is 8.92. The molecule has 0 aliphatic rings. The zero-order valence-corrected chi connectivity index (χ0v) is 11.7. The van der Waals surface area contributed by atoms with Gasteiger partial charge in [0.1, 0.15) is 0 Å². The Kier molecular flexibility index (Phi) is 4.84. The number of aryl methyl sites for hydroxylation is 1. The van der Waals surface area contributed by atoms with Gasteiger partial charge in [-0.3, -0.25) is 4.98 Å². The summed E-state index contributed by atoms with van der Waals surface area (Å²) in [6.07, 6.45) is 3.77. The first-order valence-electron chi connectivity index (χ1n) is 6.32. The van der Waals surface area contributed by atoms with Crippen molar-refractivity contribution in [3.63, 3.8) is 0 Å². The summed E-state index contributed by atoms with van der Waals surface area (Å²) in [6, 6.07) is 6.48. The van der Waals surface area contributed by atoms with Gasteiger partial charge >= 0.3 is 0 Å². The molecule has 96 valence electrons. The number of rotatable bonds is 6. The average molecular weight is 261 g/mol.